The molecule has 1 atom stereocenters. The van der Waals surface area contributed by atoms with Crippen LogP contribution in [-0.2, 0) is 17.8 Å². The maximum absolute atomic E-state index is 12.7. The third kappa shape index (κ3) is 2.44. The first-order chi connectivity index (χ1) is 9.79. The zero-order valence-corrected chi connectivity index (χ0v) is 12.1. The molecule has 6 heteroatoms. The number of carbonyl (C=O) groups excluding carboxylic acids is 1. The van der Waals surface area contributed by atoms with Crippen LogP contribution in [0.5, 0.6) is 0 Å². The van der Waals surface area contributed by atoms with Crippen molar-refractivity contribution in [3.63, 3.8) is 0 Å². The maximum Gasteiger partial charge on any atom is 0.245 e. The van der Waals surface area contributed by atoms with Crippen LogP contribution >= 0.6 is 11.3 Å². The fourth-order valence-electron chi connectivity index (χ4n) is 2.45. The first kappa shape index (κ1) is 13.2. The van der Waals surface area contributed by atoms with Crippen LogP contribution in [-0.4, -0.2) is 34.4 Å². The monoisotopic (exact) mass is 288 g/mol. The van der Waals surface area contributed by atoms with Gasteiger partial charge in [0, 0.05) is 19.2 Å². The Bertz CT molecular complexity index is 598. The molecule has 1 unspecified atom stereocenters. The van der Waals surface area contributed by atoms with Crippen molar-refractivity contribution in [3.05, 3.63) is 46.2 Å². The molecule has 0 saturated carbocycles. The predicted octanol–water partition coefficient (Wildman–Crippen LogP) is 1.38. The zero-order valence-electron chi connectivity index (χ0n) is 11.2. The van der Waals surface area contributed by atoms with E-state index in [2.05, 4.69) is 15.3 Å². The zero-order chi connectivity index (χ0) is 13.9. The van der Waals surface area contributed by atoms with Gasteiger partial charge in [0.15, 0.2) is 0 Å². The van der Waals surface area contributed by atoms with E-state index < -0.39 is 0 Å². The predicted molar refractivity (Wildman–Crippen MR) is 77.3 cm³/mol. The van der Waals surface area contributed by atoms with E-state index in [-0.39, 0.29) is 11.9 Å². The molecule has 0 radical (unpaired) electrons. The van der Waals surface area contributed by atoms with Crippen molar-refractivity contribution < 1.29 is 4.79 Å². The Morgan fingerprint density at radius 1 is 1.45 bits per heavy atom. The fraction of sp³-hybridized carbons (Fsp3) is 0.357. The highest BCUT2D eigenvalue weighted by Gasteiger charge is 2.31. The summed E-state index contributed by atoms with van der Waals surface area (Å²) >= 11 is 1.55. The molecule has 104 valence electrons. The summed E-state index contributed by atoms with van der Waals surface area (Å²) in [4.78, 5) is 24.2. The molecule has 20 heavy (non-hydrogen) atoms. The lowest BCUT2D eigenvalue weighted by Gasteiger charge is -2.23. The van der Waals surface area contributed by atoms with Gasteiger partial charge in [-0.3, -0.25) is 9.78 Å². The molecular formula is C14H16N4OS. The quantitative estimate of drug-likeness (QED) is 0.927. The van der Waals surface area contributed by atoms with Crippen LogP contribution in [0.2, 0.25) is 0 Å². The molecule has 1 aliphatic heterocycles. The molecule has 0 fully saturated rings. The van der Waals surface area contributed by atoms with Crippen molar-refractivity contribution in [2.45, 2.75) is 19.0 Å². The van der Waals surface area contributed by atoms with Gasteiger partial charge in [-0.05, 0) is 19.2 Å². The second-order valence-electron chi connectivity index (χ2n) is 4.72. The normalized spacial score (nSPS) is 18.8. The third-order valence-electron chi connectivity index (χ3n) is 3.48. The smallest absolute Gasteiger partial charge is 0.245 e. The van der Waals surface area contributed by atoms with Crippen LogP contribution in [0, 0.1) is 0 Å². The number of thiazole rings is 1. The van der Waals surface area contributed by atoms with Crippen molar-refractivity contribution in [2.75, 3.05) is 13.6 Å². The van der Waals surface area contributed by atoms with E-state index in [0.717, 1.165) is 22.7 Å². The molecule has 5 nitrogen and oxygen atoms in total. The van der Waals surface area contributed by atoms with Crippen LogP contribution in [0.15, 0.2) is 29.9 Å². The van der Waals surface area contributed by atoms with Gasteiger partial charge in [-0.2, -0.15) is 0 Å². The summed E-state index contributed by atoms with van der Waals surface area (Å²) in [5.74, 6) is 0.0983. The van der Waals surface area contributed by atoms with Crippen molar-refractivity contribution in [3.8, 4) is 0 Å². The van der Waals surface area contributed by atoms with E-state index in [4.69, 9.17) is 0 Å². The summed E-state index contributed by atoms with van der Waals surface area (Å²) in [6, 6.07) is 5.48. The van der Waals surface area contributed by atoms with E-state index in [9.17, 15) is 4.79 Å². The van der Waals surface area contributed by atoms with Gasteiger partial charge in [-0.25, -0.2) is 4.98 Å². The lowest BCUT2D eigenvalue weighted by atomic mass is 10.2. The number of hydrogen-bond donors (Lipinski definition) is 1. The second kappa shape index (κ2) is 5.68. The average molecular weight is 288 g/mol. The minimum absolute atomic E-state index is 0.0983. The van der Waals surface area contributed by atoms with Crippen LogP contribution in [0.1, 0.15) is 22.3 Å². The molecular weight excluding hydrogens is 272 g/mol. The molecule has 3 heterocycles. The summed E-state index contributed by atoms with van der Waals surface area (Å²) in [7, 11) is 1.82. The highest BCUT2D eigenvalue weighted by atomic mass is 32.1. The minimum atomic E-state index is -0.288. The van der Waals surface area contributed by atoms with Gasteiger partial charge < -0.3 is 10.2 Å². The first-order valence-electron chi connectivity index (χ1n) is 6.58. The number of hydrogen-bond acceptors (Lipinski definition) is 5. The summed E-state index contributed by atoms with van der Waals surface area (Å²) in [6.07, 6.45) is 2.56. The summed E-state index contributed by atoms with van der Waals surface area (Å²) < 4.78 is 0. The summed E-state index contributed by atoms with van der Waals surface area (Å²) in [5, 5.41) is 3.11. The molecule has 0 aliphatic carbocycles. The number of carbonyl (C=O) groups is 1. The van der Waals surface area contributed by atoms with E-state index in [1.165, 1.54) is 0 Å². The Morgan fingerprint density at radius 3 is 3.10 bits per heavy atom. The van der Waals surface area contributed by atoms with Gasteiger partial charge >= 0.3 is 0 Å². The Morgan fingerprint density at radius 2 is 2.35 bits per heavy atom. The molecule has 1 N–H and O–H groups in total. The van der Waals surface area contributed by atoms with Crippen molar-refractivity contribution in [1.29, 1.82) is 0 Å². The van der Waals surface area contributed by atoms with Crippen molar-refractivity contribution in [1.82, 2.24) is 20.2 Å². The van der Waals surface area contributed by atoms with E-state index in [1.54, 1.807) is 17.5 Å². The van der Waals surface area contributed by atoms with Crippen LogP contribution in [0.25, 0.3) is 0 Å². The van der Waals surface area contributed by atoms with Gasteiger partial charge in [0.2, 0.25) is 5.91 Å². The Hall–Kier alpha value is -1.79. The number of nitrogens with zero attached hydrogens (tertiary/aromatic N) is 3. The molecule has 0 saturated heterocycles. The number of fused-ring (bicyclic) bond motifs is 1. The number of aromatic nitrogens is 2. The number of likely N-dealkylation sites (N-methyl/N-ethyl adjacent to an activating group) is 1. The lowest BCUT2D eigenvalue weighted by molar-refractivity contribution is -0.133. The molecule has 0 spiro atoms. The van der Waals surface area contributed by atoms with Crippen molar-refractivity contribution >= 4 is 17.2 Å². The molecule has 1 aliphatic rings. The van der Waals surface area contributed by atoms with Crippen LogP contribution in [0.4, 0.5) is 0 Å². The van der Waals surface area contributed by atoms with Crippen LogP contribution in [0.3, 0.4) is 0 Å². The largest absolute Gasteiger partial charge is 0.335 e. The molecule has 3 rings (SSSR count). The molecule has 0 bridgehead atoms. The highest BCUT2D eigenvalue weighted by molar-refractivity contribution is 7.10. The molecule has 1 amide bonds. The fourth-order valence-corrected chi connectivity index (χ4v) is 3.38. The van der Waals surface area contributed by atoms with E-state index >= 15 is 0 Å². The summed E-state index contributed by atoms with van der Waals surface area (Å²) in [5.41, 5.74) is 3.76. The maximum atomic E-state index is 12.7. The number of amides is 1. The number of rotatable bonds is 3. The van der Waals surface area contributed by atoms with Gasteiger partial charge in [0.05, 0.1) is 28.3 Å². The number of pyridine rings is 1. The first-order valence-corrected chi connectivity index (χ1v) is 7.46. The average Bonchev–Trinajstić information content (AvgIpc) is 2.89. The Kier molecular flexibility index (Phi) is 3.75. The van der Waals surface area contributed by atoms with Gasteiger partial charge in [-0.1, -0.05) is 6.07 Å². The topological polar surface area (TPSA) is 58.1 Å². The third-order valence-corrected chi connectivity index (χ3v) is 4.42. The van der Waals surface area contributed by atoms with E-state index in [0.29, 0.717) is 13.1 Å². The minimum Gasteiger partial charge on any atom is -0.335 e. The van der Waals surface area contributed by atoms with Crippen molar-refractivity contribution in [2.24, 2.45) is 0 Å². The standard InChI is InChI=1S/C14H16N4OS/c1-15-12-13-11(17-9-20-13)5-7-18(14(12)19)8-10-4-2-3-6-16-10/h2-4,6,9,12,15H,5,7-8H2,1H3. The van der Waals surface area contributed by atoms with Gasteiger partial charge in [0.25, 0.3) is 0 Å². The Balaban J connectivity index is 1.84. The Labute approximate surface area is 121 Å². The second-order valence-corrected chi connectivity index (χ2v) is 5.60. The van der Waals surface area contributed by atoms with E-state index in [1.807, 2.05) is 35.7 Å². The summed E-state index contributed by atoms with van der Waals surface area (Å²) in [6.45, 7) is 1.23. The SMILES string of the molecule is CNC1C(=O)N(Cc2ccccn2)CCc2ncsc21. The molecule has 0 aromatic carbocycles. The number of nitrogens with one attached hydrogen (secondary N) is 1. The highest BCUT2D eigenvalue weighted by Crippen LogP contribution is 2.28. The molecule has 2 aromatic heterocycles. The lowest BCUT2D eigenvalue weighted by Crippen LogP contribution is -2.38. The van der Waals surface area contributed by atoms with Gasteiger partial charge in [-0.15, -0.1) is 11.3 Å². The van der Waals surface area contributed by atoms with Crippen LogP contribution < -0.4 is 5.32 Å². The van der Waals surface area contributed by atoms with Gasteiger partial charge in [0.1, 0.15) is 6.04 Å². The molecule has 2 aromatic rings.